The molecule has 8 heteroatoms. The van der Waals surface area contributed by atoms with Crippen molar-refractivity contribution in [2.24, 2.45) is 17.0 Å². The summed E-state index contributed by atoms with van der Waals surface area (Å²) in [5.41, 5.74) is 2.94. The lowest BCUT2D eigenvalue weighted by molar-refractivity contribution is -0.144. The molecule has 3 rings (SSSR count). The molecule has 0 aliphatic heterocycles. The number of carbonyl (C=O) groups excluding carboxylic acids is 2. The Morgan fingerprint density at radius 1 is 0.944 bits per heavy atom. The Hall–Kier alpha value is -3.55. The number of rotatable bonds is 10. The fourth-order valence-electron chi connectivity index (χ4n) is 4.68. The number of ether oxygens (including phenoxy) is 3. The number of carbonyl (C=O) groups is 2. The molecule has 0 spiro atoms. The number of nitrogens with zero attached hydrogens (tertiary/aromatic N) is 1. The summed E-state index contributed by atoms with van der Waals surface area (Å²) in [6.07, 6.45) is 4.07. The summed E-state index contributed by atoms with van der Waals surface area (Å²) in [6, 6.07) is 12.5. The zero-order valence-electron chi connectivity index (χ0n) is 21.7. The predicted molar refractivity (Wildman–Crippen MR) is 138 cm³/mol. The van der Waals surface area contributed by atoms with Gasteiger partial charge in [-0.2, -0.15) is 0 Å². The van der Waals surface area contributed by atoms with E-state index in [0.29, 0.717) is 23.1 Å². The third-order valence-corrected chi connectivity index (χ3v) is 6.73. The van der Waals surface area contributed by atoms with E-state index in [4.69, 9.17) is 19.0 Å². The van der Waals surface area contributed by atoms with E-state index >= 15 is 0 Å². The SMILES string of the molecule is CON=C(C(=O)N[C@@H](Cc1ccc(-c2c(OC)cccc2OC)cc1)C(=O)OC)C1CCC(C)CC1. The van der Waals surface area contributed by atoms with Gasteiger partial charge in [0.1, 0.15) is 30.4 Å². The van der Waals surface area contributed by atoms with Crippen molar-refractivity contribution in [1.82, 2.24) is 5.32 Å². The molecule has 0 unspecified atom stereocenters. The van der Waals surface area contributed by atoms with Gasteiger partial charge in [0.15, 0.2) is 0 Å². The molecule has 1 saturated carbocycles. The quantitative estimate of drug-likeness (QED) is 0.298. The van der Waals surface area contributed by atoms with Crippen LogP contribution in [0.5, 0.6) is 11.5 Å². The maximum atomic E-state index is 13.2. The van der Waals surface area contributed by atoms with Gasteiger partial charge in [0.25, 0.3) is 5.91 Å². The molecule has 2 aromatic rings. The minimum Gasteiger partial charge on any atom is -0.496 e. The molecule has 36 heavy (non-hydrogen) atoms. The van der Waals surface area contributed by atoms with Crippen molar-refractivity contribution in [2.45, 2.75) is 45.1 Å². The summed E-state index contributed by atoms with van der Waals surface area (Å²) in [7, 11) is 5.97. The van der Waals surface area contributed by atoms with E-state index < -0.39 is 17.9 Å². The van der Waals surface area contributed by atoms with Crippen LogP contribution in [-0.4, -0.2) is 52.1 Å². The second kappa shape index (κ2) is 13.0. The van der Waals surface area contributed by atoms with Gasteiger partial charge in [-0.3, -0.25) is 4.79 Å². The summed E-state index contributed by atoms with van der Waals surface area (Å²) in [4.78, 5) is 30.7. The van der Waals surface area contributed by atoms with E-state index in [9.17, 15) is 9.59 Å². The topological polar surface area (TPSA) is 95.5 Å². The monoisotopic (exact) mass is 496 g/mol. The third-order valence-electron chi connectivity index (χ3n) is 6.73. The predicted octanol–water partition coefficient (Wildman–Crippen LogP) is 4.40. The van der Waals surface area contributed by atoms with E-state index in [1.165, 1.54) is 14.2 Å². The molecule has 1 N–H and O–H groups in total. The summed E-state index contributed by atoms with van der Waals surface area (Å²) in [6.45, 7) is 2.21. The highest BCUT2D eigenvalue weighted by molar-refractivity contribution is 6.39. The van der Waals surface area contributed by atoms with Gasteiger partial charge in [-0.1, -0.05) is 55.3 Å². The highest BCUT2D eigenvalue weighted by Crippen LogP contribution is 2.38. The van der Waals surface area contributed by atoms with Gasteiger partial charge in [0, 0.05) is 12.3 Å². The number of hydrogen-bond acceptors (Lipinski definition) is 7. The van der Waals surface area contributed by atoms with E-state index in [2.05, 4.69) is 17.4 Å². The van der Waals surface area contributed by atoms with E-state index in [0.717, 1.165) is 42.4 Å². The highest BCUT2D eigenvalue weighted by Gasteiger charge is 2.31. The van der Waals surface area contributed by atoms with Gasteiger partial charge in [-0.25, -0.2) is 4.79 Å². The van der Waals surface area contributed by atoms with Gasteiger partial charge < -0.3 is 24.4 Å². The Morgan fingerprint density at radius 3 is 2.08 bits per heavy atom. The number of methoxy groups -OCH3 is 3. The Labute approximate surface area is 212 Å². The fraction of sp³-hybridized carbons (Fsp3) is 0.464. The van der Waals surface area contributed by atoms with Crippen LogP contribution < -0.4 is 14.8 Å². The van der Waals surface area contributed by atoms with E-state index in [1.807, 2.05) is 42.5 Å². The standard InChI is InChI=1S/C28H36N2O6/c1-18-9-13-21(14-10-18)26(30-36-5)27(31)29-22(28(32)35-4)17-19-11-15-20(16-12-19)25-23(33-2)7-6-8-24(25)34-3/h6-8,11-12,15-16,18,21-22H,9-10,13-14,17H2,1-5H3,(H,29,31)/t18?,21?,22-/m0/s1. The van der Waals surface area contributed by atoms with Crippen LogP contribution >= 0.6 is 0 Å². The molecule has 0 heterocycles. The number of oxime groups is 1. The van der Waals surface area contributed by atoms with Gasteiger partial charge in [-0.05, 0) is 42.0 Å². The van der Waals surface area contributed by atoms with Crippen LogP contribution in [0, 0.1) is 11.8 Å². The first-order valence-electron chi connectivity index (χ1n) is 12.2. The van der Waals surface area contributed by atoms with Crippen molar-refractivity contribution in [1.29, 1.82) is 0 Å². The van der Waals surface area contributed by atoms with Gasteiger partial charge in [0.05, 0.1) is 26.9 Å². The molecular weight excluding hydrogens is 460 g/mol. The number of benzene rings is 2. The molecule has 1 amide bonds. The normalized spacial score (nSPS) is 18.6. The Morgan fingerprint density at radius 2 is 1.56 bits per heavy atom. The van der Waals surface area contributed by atoms with E-state index in [-0.39, 0.29) is 12.3 Å². The Kier molecular flexibility index (Phi) is 9.73. The first kappa shape index (κ1) is 27.0. The van der Waals surface area contributed by atoms with Crippen LogP contribution in [0.2, 0.25) is 0 Å². The zero-order chi connectivity index (χ0) is 26.1. The van der Waals surface area contributed by atoms with Crippen molar-refractivity contribution in [3.63, 3.8) is 0 Å². The molecule has 2 aromatic carbocycles. The van der Waals surface area contributed by atoms with Crippen LogP contribution in [0.25, 0.3) is 11.1 Å². The van der Waals surface area contributed by atoms with Crippen LogP contribution in [0.4, 0.5) is 0 Å². The number of hydrogen-bond donors (Lipinski definition) is 1. The lowest BCUT2D eigenvalue weighted by atomic mass is 9.80. The van der Waals surface area contributed by atoms with Crippen molar-refractivity contribution in [2.75, 3.05) is 28.4 Å². The average Bonchev–Trinajstić information content (AvgIpc) is 2.91. The van der Waals surface area contributed by atoms with Crippen molar-refractivity contribution < 1.29 is 28.6 Å². The molecule has 1 aliphatic rings. The van der Waals surface area contributed by atoms with Gasteiger partial charge in [0.2, 0.25) is 0 Å². The van der Waals surface area contributed by atoms with Gasteiger partial charge >= 0.3 is 5.97 Å². The lowest BCUT2D eigenvalue weighted by Crippen LogP contribution is -2.47. The highest BCUT2D eigenvalue weighted by atomic mass is 16.6. The molecule has 0 bridgehead atoms. The largest absolute Gasteiger partial charge is 0.496 e. The Bertz CT molecular complexity index is 1040. The summed E-state index contributed by atoms with van der Waals surface area (Å²) >= 11 is 0. The van der Waals surface area contributed by atoms with Gasteiger partial charge in [-0.15, -0.1) is 0 Å². The minimum atomic E-state index is -0.862. The second-order valence-corrected chi connectivity index (χ2v) is 9.10. The smallest absolute Gasteiger partial charge is 0.328 e. The molecule has 194 valence electrons. The summed E-state index contributed by atoms with van der Waals surface area (Å²) < 4.78 is 16.0. The average molecular weight is 497 g/mol. The fourth-order valence-corrected chi connectivity index (χ4v) is 4.68. The number of esters is 1. The third kappa shape index (κ3) is 6.56. The zero-order valence-corrected chi connectivity index (χ0v) is 21.7. The molecule has 8 nitrogen and oxygen atoms in total. The van der Waals surface area contributed by atoms with Crippen molar-refractivity contribution >= 4 is 17.6 Å². The minimum absolute atomic E-state index is 0.00886. The van der Waals surface area contributed by atoms with Crippen LogP contribution in [0.1, 0.15) is 38.2 Å². The number of nitrogens with one attached hydrogen (secondary N) is 1. The van der Waals surface area contributed by atoms with Crippen LogP contribution in [-0.2, 0) is 25.6 Å². The maximum absolute atomic E-state index is 13.2. The maximum Gasteiger partial charge on any atom is 0.328 e. The molecule has 0 saturated heterocycles. The molecule has 0 radical (unpaired) electrons. The molecule has 1 fully saturated rings. The van der Waals surface area contributed by atoms with Crippen molar-refractivity contribution in [3.8, 4) is 22.6 Å². The van der Waals surface area contributed by atoms with Crippen LogP contribution in [0.3, 0.4) is 0 Å². The first-order chi connectivity index (χ1) is 17.4. The van der Waals surface area contributed by atoms with Crippen LogP contribution in [0.15, 0.2) is 47.6 Å². The molecule has 1 aliphatic carbocycles. The first-order valence-corrected chi connectivity index (χ1v) is 12.2. The lowest BCUT2D eigenvalue weighted by Gasteiger charge is -2.27. The molecule has 1 atom stereocenters. The molecule has 0 aromatic heterocycles. The summed E-state index contributed by atoms with van der Waals surface area (Å²) in [5, 5.41) is 6.85. The van der Waals surface area contributed by atoms with E-state index in [1.54, 1.807) is 14.2 Å². The summed E-state index contributed by atoms with van der Waals surface area (Å²) in [5.74, 6) is 1.12. The van der Waals surface area contributed by atoms with Crippen molar-refractivity contribution in [3.05, 3.63) is 48.0 Å². The number of amides is 1. The Balaban J connectivity index is 1.78. The second-order valence-electron chi connectivity index (χ2n) is 9.10. The molecular formula is C28H36N2O6.